The van der Waals surface area contributed by atoms with Crippen molar-refractivity contribution < 1.29 is 0 Å². The van der Waals surface area contributed by atoms with Gasteiger partial charge in [0, 0.05) is 4.90 Å². The molecule has 2 rings (SSSR count). The first-order valence-electron chi connectivity index (χ1n) is 4.91. The van der Waals surface area contributed by atoms with Crippen LogP contribution in [0.3, 0.4) is 0 Å². The summed E-state index contributed by atoms with van der Waals surface area (Å²) in [6, 6.07) is 11.9. The topological polar surface area (TPSA) is 0 Å². The number of hydrogen-bond donors (Lipinski definition) is 0. The highest BCUT2D eigenvalue weighted by molar-refractivity contribution is 7.98. The lowest BCUT2D eigenvalue weighted by Gasteiger charge is -2.07. The zero-order valence-corrected chi connectivity index (χ0v) is 12.1. The molecule has 88 valence electrons. The molecule has 17 heavy (non-hydrogen) atoms. The Balaban J connectivity index is 2.52. The van der Waals surface area contributed by atoms with Crippen molar-refractivity contribution in [1.82, 2.24) is 0 Å². The zero-order chi connectivity index (χ0) is 12.4. The summed E-state index contributed by atoms with van der Waals surface area (Å²) in [5, 5.41) is 1.35. The molecule has 0 spiro atoms. The summed E-state index contributed by atoms with van der Waals surface area (Å²) < 4.78 is 0. The van der Waals surface area contributed by atoms with E-state index >= 15 is 0 Å². The third-order valence-corrected chi connectivity index (χ3v) is 4.31. The van der Waals surface area contributed by atoms with Crippen LogP contribution in [0.25, 0.3) is 11.1 Å². The van der Waals surface area contributed by atoms with Gasteiger partial charge in [0.1, 0.15) is 0 Å². The Bertz CT molecular complexity index is 529. The van der Waals surface area contributed by atoms with Crippen molar-refractivity contribution in [2.24, 2.45) is 0 Å². The maximum Gasteiger partial charge on any atom is 0.0778 e. The molecule has 0 N–H and O–H groups in total. The molecule has 0 aliphatic rings. The Hall–Kier alpha value is -0.340. The first-order valence-corrected chi connectivity index (χ1v) is 7.26. The van der Waals surface area contributed by atoms with Crippen molar-refractivity contribution in [2.45, 2.75) is 4.90 Å². The molecule has 2 aromatic rings. The van der Waals surface area contributed by atoms with Crippen molar-refractivity contribution in [3.05, 3.63) is 51.5 Å². The van der Waals surface area contributed by atoms with Crippen molar-refractivity contribution >= 4 is 46.6 Å². The lowest BCUT2D eigenvalue weighted by Crippen LogP contribution is -1.81. The van der Waals surface area contributed by atoms with E-state index in [2.05, 4.69) is 12.1 Å². The molecule has 0 amide bonds. The molecule has 2 aromatic carbocycles. The predicted molar refractivity (Wildman–Crippen MR) is 78.7 cm³/mol. The fourth-order valence-electron chi connectivity index (χ4n) is 1.52. The Morgan fingerprint density at radius 2 is 1.53 bits per heavy atom. The summed E-state index contributed by atoms with van der Waals surface area (Å²) in [5.74, 6) is 0. The van der Waals surface area contributed by atoms with Gasteiger partial charge in [0.25, 0.3) is 0 Å². The second-order valence-electron chi connectivity index (χ2n) is 3.49. The van der Waals surface area contributed by atoms with E-state index in [1.807, 2.05) is 30.5 Å². The lowest BCUT2D eigenvalue weighted by molar-refractivity contribution is 1.46. The van der Waals surface area contributed by atoms with Gasteiger partial charge in [-0.3, -0.25) is 0 Å². The number of thioether (sulfide) groups is 1. The highest BCUT2D eigenvalue weighted by Gasteiger charge is 2.07. The highest BCUT2D eigenvalue weighted by atomic mass is 35.5. The largest absolute Gasteiger partial charge is 0.130 e. The van der Waals surface area contributed by atoms with E-state index in [1.165, 1.54) is 4.90 Å². The second kappa shape index (κ2) is 5.53. The summed E-state index contributed by atoms with van der Waals surface area (Å²) in [7, 11) is 0. The van der Waals surface area contributed by atoms with Gasteiger partial charge in [-0.2, -0.15) is 0 Å². The number of benzene rings is 2. The van der Waals surface area contributed by atoms with E-state index in [4.69, 9.17) is 34.8 Å². The molecule has 0 radical (unpaired) electrons. The van der Waals surface area contributed by atoms with Gasteiger partial charge in [0.2, 0.25) is 0 Å². The molecule has 0 aromatic heterocycles. The van der Waals surface area contributed by atoms with Gasteiger partial charge in [-0.25, -0.2) is 0 Å². The van der Waals surface area contributed by atoms with E-state index in [0.717, 1.165) is 11.1 Å². The fraction of sp³-hybridized carbons (Fsp3) is 0.0769. The van der Waals surface area contributed by atoms with Crippen LogP contribution in [0.4, 0.5) is 0 Å². The summed E-state index contributed by atoms with van der Waals surface area (Å²) in [4.78, 5) is 1.20. The van der Waals surface area contributed by atoms with Crippen LogP contribution in [0.5, 0.6) is 0 Å². The molecule has 0 saturated carbocycles. The smallest absolute Gasteiger partial charge is 0.0778 e. The molecule has 0 nitrogen and oxygen atoms in total. The van der Waals surface area contributed by atoms with Crippen molar-refractivity contribution in [1.29, 1.82) is 0 Å². The van der Waals surface area contributed by atoms with Gasteiger partial charge in [0.05, 0.1) is 15.1 Å². The van der Waals surface area contributed by atoms with E-state index in [0.29, 0.717) is 15.1 Å². The maximum absolute atomic E-state index is 6.02. The normalized spacial score (nSPS) is 10.6. The van der Waals surface area contributed by atoms with Crippen LogP contribution in [0.2, 0.25) is 15.1 Å². The Morgan fingerprint density at radius 3 is 2.12 bits per heavy atom. The molecule has 0 fully saturated rings. The van der Waals surface area contributed by atoms with Crippen molar-refractivity contribution in [3.8, 4) is 11.1 Å². The van der Waals surface area contributed by atoms with Crippen molar-refractivity contribution in [3.63, 3.8) is 0 Å². The van der Waals surface area contributed by atoms with Gasteiger partial charge in [-0.1, -0.05) is 46.9 Å². The average molecular weight is 304 g/mol. The number of hydrogen-bond acceptors (Lipinski definition) is 1. The Labute approximate surface area is 120 Å². The third kappa shape index (κ3) is 2.92. The van der Waals surface area contributed by atoms with Crippen LogP contribution in [0.1, 0.15) is 0 Å². The van der Waals surface area contributed by atoms with Gasteiger partial charge < -0.3 is 0 Å². The molecule has 0 atom stereocenters. The van der Waals surface area contributed by atoms with Gasteiger partial charge >= 0.3 is 0 Å². The minimum Gasteiger partial charge on any atom is -0.130 e. The van der Waals surface area contributed by atoms with Crippen LogP contribution >= 0.6 is 46.6 Å². The minimum absolute atomic E-state index is 0.401. The number of rotatable bonds is 2. The van der Waals surface area contributed by atoms with Crippen LogP contribution in [0.15, 0.2) is 41.3 Å². The maximum atomic E-state index is 6.02. The molecule has 0 saturated heterocycles. The lowest BCUT2D eigenvalue weighted by atomic mass is 10.1. The standard InChI is InChI=1S/C13H9Cl3S/c1-17-10-4-2-3-8(5-10)9-6-11(14)13(16)12(15)7-9/h2-7H,1H3. The molecule has 0 bridgehead atoms. The molecule has 0 heterocycles. The molecule has 0 aliphatic heterocycles. The van der Waals surface area contributed by atoms with Crippen LogP contribution in [-0.2, 0) is 0 Å². The molecule has 0 aliphatic carbocycles. The molecule has 0 unspecified atom stereocenters. The van der Waals surface area contributed by atoms with Gasteiger partial charge in [0.15, 0.2) is 0 Å². The molecular formula is C13H9Cl3S. The van der Waals surface area contributed by atoms with Gasteiger partial charge in [-0.05, 0) is 41.6 Å². The van der Waals surface area contributed by atoms with E-state index in [9.17, 15) is 0 Å². The summed E-state index contributed by atoms with van der Waals surface area (Å²) in [5.41, 5.74) is 2.05. The van der Waals surface area contributed by atoms with Gasteiger partial charge in [-0.15, -0.1) is 11.8 Å². The monoisotopic (exact) mass is 302 g/mol. The van der Waals surface area contributed by atoms with E-state index in [-0.39, 0.29) is 0 Å². The Morgan fingerprint density at radius 1 is 0.882 bits per heavy atom. The van der Waals surface area contributed by atoms with E-state index in [1.54, 1.807) is 11.8 Å². The quantitative estimate of drug-likeness (QED) is 0.482. The Kier molecular flexibility index (Phi) is 4.26. The van der Waals surface area contributed by atoms with E-state index < -0.39 is 0 Å². The molecule has 4 heteroatoms. The first-order chi connectivity index (χ1) is 8.11. The third-order valence-electron chi connectivity index (χ3n) is 2.39. The molecular weight excluding hydrogens is 295 g/mol. The fourth-order valence-corrected chi connectivity index (χ4v) is 2.58. The van der Waals surface area contributed by atoms with Crippen LogP contribution < -0.4 is 0 Å². The SMILES string of the molecule is CSc1cccc(-c2cc(Cl)c(Cl)c(Cl)c2)c1. The van der Waals surface area contributed by atoms with Crippen LogP contribution in [0, 0.1) is 0 Å². The number of halogens is 3. The first kappa shape index (κ1) is 13.1. The van der Waals surface area contributed by atoms with Crippen molar-refractivity contribution in [2.75, 3.05) is 6.26 Å². The summed E-state index contributed by atoms with van der Waals surface area (Å²) in [6.45, 7) is 0. The summed E-state index contributed by atoms with van der Waals surface area (Å²) in [6.07, 6.45) is 2.04. The summed E-state index contributed by atoms with van der Waals surface area (Å²) >= 11 is 19.7. The zero-order valence-electron chi connectivity index (χ0n) is 9.01. The average Bonchev–Trinajstić information content (AvgIpc) is 2.35. The minimum atomic E-state index is 0.401. The highest BCUT2D eigenvalue weighted by Crippen LogP contribution is 2.35. The van der Waals surface area contributed by atoms with Crippen LogP contribution in [-0.4, -0.2) is 6.26 Å². The second-order valence-corrected chi connectivity index (χ2v) is 5.56. The predicted octanol–water partition coefficient (Wildman–Crippen LogP) is 6.04.